The molecule has 2 fully saturated rings. The van der Waals surface area contributed by atoms with Gasteiger partial charge in [0.1, 0.15) is 5.82 Å². The molecule has 1 aromatic carbocycles. The summed E-state index contributed by atoms with van der Waals surface area (Å²) in [5.74, 6) is 0.615. The molecule has 2 aliphatic heterocycles. The Morgan fingerprint density at radius 2 is 1.69 bits per heavy atom. The Kier molecular flexibility index (Phi) is 6.19. The van der Waals surface area contributed by atoms with Crippen molar-refractivity contribution < 1.29 is 4.79 Å². The van der Waals surface area contributed by atoms with E-state index < -0.39 is 0 Å². The molecule has 0 spiro atoms. The van der Waals surface area contributed by atoms with Gasteiger partial charge in [-0.05, 0) is 74.9 Å². The highest BCUT2D eigenvalue weighted by molar-refractivity contribution is 5.95. The number of hydrogen-bond donors (Lipinski definition) is 1. The Bertz CT molecular complexity index is 1100. The normalized spacial score (nSPS) is 17.8. The minimum absolute atomic E-state index is 0.00554. The fourth-order valence-corrected chi connectivity index (χ4v) is 4.92. The molecule has 0 atom stereocenters. The first-order valence-corrected chi connectivity index (χ1v) is 11.8. The van der Waals surface area contributed by atoms with Crippen LogP contribution >= 0.6 is 0 Å². The van der Waals surface area contributed by atoms with Crippen LogP contribution in [-0.2, 0) is 18.4 Å². The monoisotopic (exact) mass is 432 g/mol. The number of aromatic nitrogens is 3. The zero-order valence-corrected chi connectivity index (χ0v) is 18.9. The summed E-state index contributed by atoms with van der Waals surface area (Å²) in [5.41, 5.74) is 3.58. The van der Waals surface area contributed by atoms with Crippen LogP contribution in [-0.4, -0.2) is 63.2 Å². The number of carbonyl (C=O) groups excluding carboxylic acids is 1. The molecule has 32 heavy (non-hydrogen) atoms. The standard InChI is InChI=1S/C25H32N6O/c1-29-23(17-30-9-3-2-4-10-30)22(16-27-29)19-7-8-20-15-26-24(14-21(20)13-19)28-25(32)18-31-11-5-6-12-31/h7-8,13-16H,2-6,9-12,17-18H2,1H3,(H,26,28,32). The van der Waals surface area contributed by atoms with Gasteiger partial charge in [0, 0.05) is 30.7 Å². The van der Waals surface area contributed by atoms with Crippen molar-refractivity contribution in [1.29, 1.82) is 0 Å². The molecule has 1 N–H and O–H groups in total. The molecule has 7 nitrogen and oxygen atoms in total. The van der Waals surface area contributed by atoms with Gasteiger partial charge < -0.3 is 5.32 Å². The second kappa shape index (κ2) is 9.38. The topological polar surface area (TPSA) is 66.3 Å². The molecule has 168 valence electrons. The number of piperidine rings is 1. The molecule has 0 saturated carbocycles. The van der Waals surface area contributed by atoms with Crippen LogP contribution in [0.25, 0.3) is 21.9 Å². The molecule has 3 aromatic rings. The summed E-state index contributed by atoms with van der Waals surface area (Å²) in [6.07, 6.45) is 10.1. The third-order valence-electron chi connectivity index (χ3n) is 6.75. The van der Waals surface area contributed by atoms with Gasteiger partial charge in [-0.25, -0.2) is 4.98 Å². The number of hydrogen-bond acceptors (Lipinski definition) is 5. The lowest BCUT2D eigenvalue weighted by Gasteiger charge is -2.26. The van der Waals surface area contributed by atoms with Gasteiger partial charge in [-0.2, -0.15) is 5.10 Å². The summed E-state index contributed by atoms with van der Waals surface area (Å²) in [7, 11) is 2.03. The molecule has 5 rings (SSSR count). The second-order valence-corrected chi connectivity index (χ2v) is 9.13. The zero-order chi connectivity index (χ0) is 21.9. The highest BCUT2D eigenvalue weighted by Gasteiger charge is 2.18. The number of nitrogens with one attached hydrogen (secondary N) is 1. The van der Waals surface area contributed by atoms with Crippen molar-refractivity contribution >= 4 is 22.5 Å². The molecule has 0 unspecified atom stereocenters. The first-order chi connectivity index (χ1) is 15.7. The third kappa shape index (κ3) is 4.69. The van der Waals surface area contributed by atoms with Gasteiger partial charge >= 0.3 is 0 Å². The second-order valence-electron chi connectivity index (χ2n) is 9.13. The van der Waals surface area contributed by atoms with Crippen molar-refractivity contribution in [3.05, 3.63) is 42.4 Å². The van der Waals surface area contributed by atoms with Gasteiger partial charge in [-0.1, -0.05) is 18.6 Å². The maximum atomic E-state index is 12.4. The van der Waals surface area contributed by atoms with Crippen LogP contribution in [0.2, 0.25) is 0 Å². The van der Waals surface area contributed by atoms with Crippen molar-refractivity contribution in [2.45, 2.75) is 38.6 Å². The van der Waals surface area contributed by atoms with Gasteiger partial charge in [0.2, 0.25) is 5.91 Å². The molecular formula is C25H32N6O. The summed E-state index contributed by atoms with van der Waals surface area (Å²) >= 11 is 0. The zero-order valence-electron chi connectivity index (χ0n) is 18.9. The number of carbonyl (C=O) groups is 1. The lowest BCUT2D eigenvalue weighted by atomic mass is 10.0. The number of benzene rings is 1. The van der Waals surface area contributed by atoms with E-state index in [1.165, 1.54) is 43.4 Å². The SMILES string of the molecule is Cn1ncc(-c2ccc3cnc(NC(=O)CN4CCCC4)cc3c2)c1CN1CCCCC1. The number of nitrogens with zero attached hydrogens (tertiary/aromatic N) is 5. The van der Waals surface area contributed by atoms with E-state index in [2.05, 4.69) is 43.4 Å². The lowest BCUT2D eigenvalue weighted by molar-refractivity contribution is -0.117. The molecule has 2 aromatic heterocycles. The van der Waals surface area contributed by atoms with Gasteiger partial charge in [-0.3, -0.25) is 19.3 Å². The highest BCUT2D eigenvalue weighted by Crippen LogP contribution is 2.29. The predicted molar refractivity (Wildman–Crippen MR) is 127 cm³/mol. The molecule has 0 radical (unpaired) electrons. The maximum absolute atomic E-state index is 12.4. The predicted octanol–water partition coefficient (Wildman–Crippen LogP) is 3.66. The first-order valence-electron chi connectivity index (χ1n) is 11.8. The maximum Gasteiger partial charge on any atom is 0.239 e. The number of likely N-dealkylation sites (tertiary alicyclic amines) is 2. The number of anilines is 1. The fourth-order valence-electron chi connectivity index (χ4n) is 4.92. The molecule has 1 amide bonds. The molecule has 2 saturated heterocycles. The molecule has 2 aliphatic rings. The van der Waals surface area contributed by atoms with Crippen LogP contribution in [0.5, 0.6) is 0 Å². The highest BCUT2D eigenvalue weighted by atomic mass is 16.2. The summed E-state index contributed by atoms with van der Waals surface area (Å²) in [6, 6.07) is 8.41. The average Bonchev–Trinajstić information content (AvgIpc) is 3.44. The summed E-state index contributed by atoms with van der Waals surface area (Å²) < 4.78 is 2.00. The number of amides is 1. The number of fused-ring (bicyclic) bond motifs is 1. The van der Waals surface area contributed by atoms with Gasteiger partial charge in [0.25, 0.3) is 0 Å². The Morgan fingerprint density at radius 1 is 0.938 bits per heavy atom. The Labute approximate surface area is 189 Å². The van der Waals surface area contributed by atoms with E-state index in [1.54, 1.807) is 0 Å². The van der Waals surface area contributed by atoms with Crippen molar-refractivity contribution in [1.82, 2.24) is 24.6 Å². The molecular weight excluding hydrogens is 400 g/mol. The minimum Gasteiger partial charge on any atom is -0.310 e. The van der Waals surface area contributed by atoms with Gasteiger partial charge in [-0.15, -0.1) is 0 Å². The van der Waals surface area contributed by atoms with Crippen LogP contribution in [0.4, 0.5) is 5.82 Å². The van der Waals surface area contributed by atoms with Gasteiger partial charge in [0.15, 0.2) is 0 Å². The lowest BCUT2D eigenvalue weighted by Crippen LogP contribution is -2.31. The van der Waals surface area contributed by atoms with E-state index in [1.807, 2.05) is 30.2 Å². The van der Waals surface area contributed by atoms with Crippen molar-refractivity contribution in [3.63, 3.8) is 0 Å². The number of rotatable bonds is 6. The van der Waals surface area contributed by atoms with E-state index in [9.17, 15) is 4.79 Å². The largest absolute Gasteiger partial charge is 0.310 e. The van der Waals surface area contributed by atoms with Crippen LogP contribution in [0.1, 0.15) is 37.8 Å². The van der Waals surface area contributed by atoms with Gasteiger partial charge in [0.05, 0.1) is 18.4 Å². The quantitative estimate of drug-likeness (QED) is 0.644. The number of pyridine rings is 1. The Morgan fingerprint density at radius 3 is 2.50 bits per heavy atom. The van der Waals surface area contributed by atoms with Crippen molar-refractivity contribution in [2.24, 2.45) is 7.05 Å². The van der Waals surface area contributed by atoms with E-state index in [4.69, 9.17) is 0 Å². The summed E-state index contributed by atoms with van der Waals surface area (Å²) in [4.78, 5) is 21.6. The van der Waals surface area contributed by atoms with E-state index in [0.717, 1.165) is 49.1 Å². The smallest absolute Gasteiger partial charge is 0.239 e. The van der Waals surface area contributed by atoms with Crippen molar-refractivity contribution in [2.75, 3.05) is 38.0 Å². The molecule has 7 heteroatoms. The Balaban J connectivity index is 1.36. The van der Waals surface area contributed by atoms with E-state index in [0.29, 0.717) is 12.4 Å². The van der Waals surface area contributed by atoms with E-state index in [-0.39, 0.29) is 5.91 Å². The van der Waals surface area contributed by atoms with Crippen molar-refractivity contribution in [3.8, 4) is 11.1 Å². The third-order valence-corrected chi connectivity index (χ3v) is 6.75. The molecule has 4 heterocycles. The van der Waals surface area contributed by atoms with Crippen LogP contribution in [0, 0.1) is 0 Å². The Hall–Kier alpha value is -2.77. The van der Waals surface area contributed by atoms with Crippen LogP contribution in [0.3, 0.4) is 0 Å². The van der Waals surface area contributed by atoms with Crippen LogP contribution < -0.4 is 5.32 Å². The first kappa shape index (κ1) is 21.1. The molecule has 0 bridgehead atoms. The van der Waals surface area contributed by atoms with Crippen LogP contribution in [0.15, 0.2) is 36.7 Å². The number of aryl methyl sites for hydroxylation is 1. The average molecular weight is 433 g/mol. The summed E-state index contributed by atoms with van der Waals surface area (Å²) in [6.45, 7) is 5.70. The fraction of sp³-hybridized carbons (Fsp3) is 0.480. The minimum atomic E-state index is 0.00554. The molecule has 0 aliphatic carbocycles. The summed E-state index contributed by atoms with van der Waals surface area (Å²) in [5, 5.41) is 9.67. The van der Waals surface area contributed by atoms with E-state index >= 15 is 0 Å².